The van der Waals surface area contributed by atoms with Crippen molar-refractivity contribution in [2.75, 3.05) is 0 Å². The van der Waals surface area contributed by atoms with Gasteiger partial charge in [0.05, 0.1) is 18.0 Å². The van der Waals surface area contributed by atoms with E-state index in [0.29, 0.717) is 0 Å². The number of amides is 1. The molecule has 150 valence electrons. The Bertz CT molecular complexity index is 692. The first-order valence-electron chi connectivity index (χ1n) is 9.54. The van der Waals surface area contributed by atoms with Gasteiger partial charge in [-0.2, -0.15) is 0 Å². The summed E-state index contributed by atoms with van der Waals surface area (Å²) in [5.41, 5.74) is 0.505. The fraction of sp³-hybridized carbons (Fsp3) is 0.619. The monoisotopic (exact) mass is 391 g/mol. The van der Waals surface area contributed by atoms with Gasteiger partial charge in [-0.1, -0.05) is 58.0 Å². The highest BCUT2D eigenvalue weighted by atomic mass is 28.4. The van der Waals surface area contributed by atoms with Crippen molar-refractivity contribution in [3.63, 3.8) is 0 Å². The highest BCUT2D eigenvalue weighted by molar-refractivity contribution is 6.77. The number of ether oxygens (including phenoxy) is 1. The molecule has 1 amide bonds. The maximum absolute atomic E-state index is 12.6. The number of benzene rings is 1. The van der Waals surface area contributed by atoms with Crippen molar-refractivity contribution in [1.29, 1.82) is 0 Å². The molecule has 0 saturated carbocycles. The minimum absolute atomic E-state index is 0.0315. The molecule has 5 nitrogen and oxygen atoms in total. The van der Waals surface area contributed by atoms with Crippen LogP contribution < -0.4 is 0 Å². The molecule has 1 aliphatic rings. The van der Waals surface area contributed by atoms with Gasteiger partial charge in [0.25, 0.3) is 5.91 Å². The molecule has 0 spiro atoms. The van der Waals surface area contributed by atoms with Crippen LogP contribution in [0.1, 0.15) is 60.1 Å². The van der Waals surface area contributed by atoms with Gasteiger partial charge < -0.3 is 9.26 Å². The number of hydrogen-bond donors (Lipinski definition) is 0. The fourth-order valence-electron chi connectivity index (χ4n) is 3.07. The quantitative estimate of drug-likeness (QED) is 0.409. The molecule has 1 heterocycles. The van der Waals surface area contributed by atoms with Crippen molar-refractivity contribution < 1.29 is 18.9 Å². The predicted octanol–water partition coefficient (Wildman–Crippen LogP) is 4.85. The molecule has 1 fully saturated rings. The molecule has 3 atom stereocenters. The molecule has 0 radical (unpaired) electrons. The third kappa shape index (κ3) is 4.79. The van der Waals surface area contributed by atoms with E-state index in [9.17, 15) is 9.59 Å². The van der Waals surface area contributed by atoms with Crippen LogP contribution in [0.25, 0.3) is 0 Å². The second-order valence-corrected chi connectivity index (χ2v) is 14.1. The van der Waals surface area contributed by atoms with Gasteiger partial charge in [-0.05, 0) is 37.9 Å². The lowest BCUT2D eigenvalue weighted by molar-refractivity contribution is -0.211. The predicted molar refractivity (Wildman–Crippen MR) is 108 cm³/mol. The number of hydroxylamine groups is 2. The van der Waals surface area contributed by atoms with Crippen LogP contribution >= 0.6 is 0 Å². The zero-order valence-corrected chi connectivity index (χ0v) is 18.8. The van der Waals surface area contributed by atoms with E-state index in [0.717, 1.165) is 5.56 Å². The number of β-lactam (4-membered cyclic amide) rings is 1. The van der Waals surface area contributed by atoms with E-state index in [-0.39, 0.29) is 34.9 Å². The van der Waals surface area contributed by atoms with E-state index < -0.39 is 13.9 Å². The topological polar surface area (TPSA) is 55.8 Å². The summed E-state index contributed by atoms with van der Waals surface area (Å²) >= 11 is 0. The summed E-state index contributed by atoms with van der Waals surface area (Å²) in [6.45, 7) is 15.7. The minimum Gasteiger partial charge on any atom is -0.460 e. The standard InChI is InChI=1S/C21H33NO4Si/c1-15-18(16-12-10-9-11-13-16)22(19(15)24)26-27(8,21(5,6)7)14-17(23)25-20(2,3)4/h9-13,15,18H,14H2,1-8H3. The number of nitrogens with zero attached hydrogens (tertiary/aromatic N) is 1. The third-order valence-electron chi connectivity index (χ3n) is 5.26. The number of rotatable bonds is 5. The number of carbonyl (C=O) groups is 2. The molecule has 0 aliphatic carbocycles. The van der Waals surface area contributed by atoms with E-state index in [1.165, 1.54) is 5.06 Å². The highest BCUT2D eigenvalue weighted by Gasteiger charge is 2.54. The lowest BCUT2D eigenvalue weighted by Gasteiger charge is -2.51. The summed E-state index contributed by atoms with van der Waals surface area (Å²) in [6, 6.07) is 9.98. The number of esters is 1. The van der Waals surface area contributed by atoms with Crippen LogP contribution in [0.15, 0.2) is 30.3 Å². The van der Waals surface area contributed by atoms with E-state index in [1.54, 1.807) is 0 Å². The average Bonchev–Trinajstić information content (AvgIpc) is 2.52. The molecule has 3 unspecified atom stereocenters. The van der Waals surface area contributed by atoms with Crippen molar-refractivity contribution >= 4 is 20.2 Å². The zero-order chi connectivity index (χ0) is 20.6. The zero-order valence-electron chi connectivity index (χ0n) is 17.8. The lowest BCUT2D eigenvalue weighted by atomic mass is 9.86. The van der Waals surface area contributed by atoms with Crippen LogP contribution in [0.4, 0.5) is 0 Å². The summed E-state index contributed by atoms with van der Waals surface area (Å²) in [6.07, 6.45) is 0. The van der Waals surface area contributed by atoms with Crippen LogP contribution in [-0.4, -0.2) is 30.9 Å². The first-order chi connectivity index (χ1) is 12.3. The summed E-state index contributed by atoms with van der Waals surface area (Å²) in [5.74, 6) is -0.438. The number of carbonyl (C=O) groups excluding carboxylic acids is 2. The van der Waals surface area contributed by atoms with Gasteiger partial charge >= 0.3 is 5.97 Å². The van der Waals surface area contributed by atoms with Crippen molar-refractivity contribution in [3.05, 3.63) is 35.9 Å². The van der Waals surface area contributed by atoms with E-state index in [4.69, 9.17) is 9.26 Å². The Morgan fingerprint density at radius 2 is 1.67 bits per heavy atom. The van der Waals surface area contributed by atoms with E-state index in [2.05, 4.69) is 20.8 Å². The first kappa shape index (κ1) is 21.6. The van der Waals surface area contributed by atoms with Gasteiger partial charge in [0, 0.05) is 0 Å². The maximum atomic E-state index is 12.6. The molecule has 1 aromatic carbocycles. The molecule has 1 aromatic rings. The summed E-state index contributed by atoms with van der Waals surface area (Å²) in [5, 5.41) is 1.26. The summed E-state index contributed by atoms with van der Waals surface area (Å²) in [7, 11) is -2.66. The molecule has 1 aliphatic heterocycles. The van der Waals surface area contributed by atoms with Crippen LogP contribution in [-0.2, 0) is 18.9 Å². The lowest BCUT2D eigenvalue weighted by Crippen LogP contribution is -2.60. The van der Waals surface area contributed by atoms with Gasteiger partial charge in [-0.25, -0.2) is 5.06 Å². The second-order valence-electron chi connectivity index (χ2n) is 9.64. The Morgan fingerprint density at radius 3 is 2.15 bits per heavy atom. The van der Waals surface area contributed by atoms with Gasteiger partial charge in [0.2, 0.25) is 8.32 Å². The first-order valence-corrected chi connectivity index (χ1v) is 12.2. The fourth-order valence-corrected chi connectivity index (χ4v) is 5.20. The molecular formula is C21H33NO4Si. The molecule has 0 bridgehead atoms. The largest absolute Gasteiger partial charge is 0.460 e. The number of hydrogen-bond acceptors (Lipinski definition) is 4. The summed E-state index contributed by atoms with van der Waals surface area (Å²) < 4.78 is 11.9. The Kier molecular flexibility index (Phi) is 5.93. The third-order valence-corrected chi connectivity index (χ3v) is 10.00. The normalized spacial score (nSPS) is 22.8. The molecule has 0 aromatic heterocycles. The van der Waals surface area contributed by atoms with Crippen LogP contribution in [0, 0.1) is 5.92 Å². The Hall–Kier alpha value is -1.66. The van der Waals surface area contributed by atoms with Crippen LogP contribution in [0.2, 0.25) is 17.6 Å². The van der Waals surface area contributed by atoms with Crippen LogP contribution in [0.3, 0.4) is 0 Å². The highest BCUT2D eigenvalue weighted by Crippen LogP contribution is 2.46. The second kappa shape index (κ2) is 7.39. The van der Waals surface area contributed by atoms with Gasteiger partial charge in [-0.15, -0.1) is 0 Å². The Labute approximate surface area is 164 Å². The smallest absolute Gasteiger partial charge is 0.306 e. The Morgan fingerprint density at radius 1 is 1.11 bits per heavy atom. The van der Waals surface area contributed by atoms with Gasteiger partial charge in [0.15, 0.2) is 0 Å². The molecular weight excluding hydrogens is 358 g/mol. The average molecular weight is 392 g/mol. The van der Waals surface area contributed by atoms with Gasteiger partial charge in [-0.3, -0.25) is 9.59 Å². The molecule has 6 heteroatoms. The SMILES string of the molecule is CC1C(=O)N(O[Si](C)(CC(=O)OC(C)(C)C)C(C)(C)C)C1c1ccccc1. The molecule has 2 rings (SSSR count). The Balaban J connectivity index is 2.25. The maximum Gasteiger partial charge on any atom is 0.306 e. The van der Waals surface area contributed by atoms with Crippen molar-refractivity contribution in [3.8, 4) is 0 Å². The molecule has 0 N–H and O–H groups in total. The minimum atomic E-state index is -2.66. The van der Waals surface area contributed by atoms with Crippen molar-refractivity contribution in [1.82, 2.24) is 5.06 Å². The van der Waals surface area contributed by atoms with Crippen LogP contribution in [0.5, 0.6) is 0 Å². The summed E-state index contributed by atoms with van der Waals surface area (Å²) in [4.78, 5) is 25.1. The van der Waals surface area contributed by atoms with Crippen molar-refractivity contribution in [2.45, 2.75) is 77.7 Å². The van der Waals surface area contributed by atoms with E-state index >= 15 is 0 Å². The van der Waals surface area contributed by atoms with Crippen molar-refractivity contribution in [2.24, 2.45) is 5.92 Å². The molecule has 27 heavy (non-hydrogen) atoms. The van der Waals surface area contributed by atoms with Gasteiger partial charge in [0.1, 0.15) is 5.60 Å². The molecule has 1 saturated heterocycles. The van der Waals surface area contributed by atoms with E-state index in [1.807, 2.05) is 64.6 Å².